The molecule has 1 atom stereocenters. The van der Waals surface area contributed by atoms with Crippen molar-refractivity contribution in [2.24, 2.45) is 0 Å². The minimum atomic E-state index is -0.471. The molecular weight excluding hydrogens is 578 g/mol. The molecule has 0 saturated carbocycles. The molecule has 0 aromatic heterocycles. The lowest BCUT2D eigenvalue weighted by molar-refractivity contribution is -0.115. The standard InChI is InChI=1S/C35H34ClN3O3S/c1-22(2)26-16-14-25(15-17-26)19-32(39-34(41)27-9-6-5-7-10-27)35(42)37-29-11-8-12-30(21-29)43-24(4)33(40)38-31-20-28(36)18-13-23(31)3/h5-22,24H,1-4H3,(H,37,42)(H,38,40)(H,39,41)/b32-19+. The second kappa shape index (κ2) is 14.7. The smallest absolute Gasteiger partial charge is 0.272 e. The summed E-state index contributed by atoms with van der Waals surface area (Å²) >= 11 is 7.46. The summed E-state index contributed by atoms with van der Waals surface area (Å²) < 4.78 is 0. The van der Waals surface area contributed by atoms with Gasteiger partial charge in [0.15, 0.2) is 0 Å². The molecule has 8 heteroatoms. The first kappa shape index (κ1) is 31.6. The van der Waals surface area contributed by atoms with Gasteiger partial charge in [0.2, 0.25) is 5.91 Å². The lowest BCUT2D eigenvalue weighted by Gasteiger charge is -2.15. The van der Waals surface area contributed by atoms with Gasteiger partial charge in [-0.05, 0) is 85.0 Å². The van der Waals surface area contributed by atoms with E-state index >= 15 is 0 Å². The van der Waals surface area contributed by atoms with Crippen LogP contribution >= 0.6 is 23.4 Å². The Morgan fingerprint density at radius 2 is 1.53 bits per heavy atom. The molecule has 4 rings (SSSR count). The molecule has 0 aliphatic rings. The predicted molar refractivity (Wildman–Crippen MR) is 178 cm³/mol. The Hall–Kier alpha value is -4.33. The van der Waals surface area contributed by atoms with E-state index in [1.807, 2.05) is 56.3 Å². The van der Waals surface area contributed by atoms with Gasteiger partial charge in [-0.15, -0.1) is 11.8 Å². The molecule has 4 aromatic rings. The van der Waals surface area contributed by atoms with Gasteiger partial charge in [0.05, 0.1) is 5.25 Å². The predicted octanol–water partition coefficient (Wildman–Crippen LogP) is 8.30. The highest BCUT2D eigenvalue weighted by molar-refractivity contribution is 8.00. The van der Waals surface area contributed by atoms with Crippen LogP contribution in [0.4, 0.5) is 11.4 Å². The quantitative estimate of drug-likeness (QED) is 0.124. The molecule has 0 aliphatic carbocycles. The number of amides is 3. The summed E-state index contributed by atoms with van der Waals surface area (Å²) in [6, 6.07) is 29.2. The van der Waals surface area contributed by atoms with Crippen LogP contribution < -0.4 is 16.0 Å². The number of hydrogen-bond acceptors (Lipinski definition) is 4. The molecule has 0 fully saturated rings. The third-order valence-electron chi connectivity index (χ3n) is 6.67. The van der Waals surface area contributed by atoms with E-state index < -0.39 is 11.2 Å². The van der Waals surface area contributed by atoms with Crippen molar-refractivity contribution in [1.29, 1.82) is 0 Å². The Bertz CT molecular complexity index is 1640. The molecule has 0 saturated heterocycles. The van der Waals surface area contributed by atoms with Gasteiger partial charge in [-0.25, -0.2) is 0 Å². The molecule has 6 nitrogen and oxygen atoms in total. The maximum Gasteiger partial charge on any atom is 0.272 e. The third kappa shape index (κ3) is 9.08. The fraction of sp³-hybridized carbons (Fsp3) is 0.171. The Morgan fingerprint density at radius 1 is 0.814 bits per heavy atom. The highest BCUT2D eigenvalue weighted by Gasteiger charge is 2.18. The zero-order valence-corrected chi connectivity index (χ0v) is 26.1. The summed E-state index contributed by atoms with van der Waals surface area (Å²) in [5.41, 5.74) is 4.62. The summed E-state index contributed by atoms with van der Waals surface area (Å²) in [5, 5.41) is 8.73. The van der Waals surface area contributed by atoms with Crippen molar-refractivity contribution in [2.75, 3.05) is 10.6 Å². The molecule has 0 aliphatic heterocycles. The average molecular weight is 612 g/mol. The van der Waals surface area contributed by atoms with E-state index in [-0.39, 0.29) is 17.5 Å². The Morgan fingerprint density at radius 3 is 2.23 bits per heavy atom. The summed E-state index contributed by atoms with van der Waals surface area (Å²) in [5.74, 6) is -0.651. The first-order chi connectivity index (χ1) is 20.6. The van der Waals surface area contributed by atoms with Gasteiger partial charge in [0, 0.05) is 26.9 Å². The Kier molecular flexibility index (Phi) is 10.8. The fourth-order valence-electron chi connectivity index (χ4n) is 4.15. The van der Waals surface area contributed by atoms with E-state index in [0.29, 0.717) is 27.9 Å². The molecule has 0 bridgehead atoms. The number of nitrogens with one attached hydrogen (secondary N) is 3. The van der Waals surface area contributed by atoms with Crippen molar-refractivity contribution in [3.63, 3.8) is 0 Å². The van der Waals surface area contributed by atoms with E-state index in [2.05, 4.69) is 29.8 Å². The summed E-state index contributed by atoms with van der Waals surface area (Å²) in [6.45, 7) is 7.95. The van der Waals surface area contributed by atoms with Gasteiger partial charge in [-0.3, -0.25) is 14.4 Å². The lowest BCUT2D eigenvalue weighted by atomic mass is 10.0. The summed E-state index contributed by atoms with van der Waals surface area (Å²) in [6.07, 6.45) is 1.66. The van der Waals surface area contributed by atoms with Crippen molar-refractivity contribution in [3.8, 4) is 0 Å². The number of carbonyl (C=O) groups excluding carboxylic acids is 3. The van der Waals surface area contributed by atoms with Gasteiger partial charge in [0.1, 0.15) is 5.70 Å². The van der Waals surface area contributed by atoms with Crippen LogP contribution in [0.5, 0.6) is 0 Å². The van der Waals surface area contributed by atoms with Crippen molar-refractivity contribution < 1.29 is 14.4 Å². The first-order valence-electron chi connectivity index (χ1n) is 13.9. The molecule has 4 aromatic carbocycles. The largest absolute Gasteiger partial charge is 0.325 e. The van der Waals surface area contributed by atoms with Gasteiger partial charge in [-0.2, -0.15) is 0 Å². The molecule has 0 spiro atoms. The van der Waals surface area contributed by atoms with Crippen LogP contribution in [0.25, 0.3) is 6.08 Å². The van der Waals surface area contributed by atoms with E-state index in [4.69, 9.17) is 11.6 Å². The average Bonchev–Trinajstić information content (AvgIpc) is 2.99. The maximum atomic E-state index is 13.5. The number of halogens is 1. The number of rotatable bonds is 10. The third-order valence-corrected chi connectivity index (χ3v) is 8.00. The molecular formula is C35H34ClN3O3S. The number of thioether (sulfide) groups is 1. The van der Waals surface area contributed by atoms with Crippen LogP contribution in [0.15, 0.2) is 108 Å². The van der Waals surface area contributed by atoms with Gasteiger partial charge in [0.25, 0.3) is 11.8 Å². The molecule has 43 heavy (non-hydrogen) atoms. The van der Waals surface area contributed by atoms with Gasteiger partial charge < -0.3 is 16.0 Å². The lowest BCUT2D eigenvalue weighted by Crippen LogP contribution is -2.30. The number of carbonyl (C=O) groups is 3. The fourth-order valence-corrected chi connectivity index (χ4v) is 5.25. The maximum absolute atomic E-state index is 13.5. The van der Waals surface area contributed by atoms with Crippen molar-refractivity contribution >= 4 is 58.5 Å². The van der Waals surface area contributed by atoms with Crippen LogP contribution in [0.2, 0.25) is 5.02 Å². The van der Waals surface area contributed by atoms with E-state index in [0.717, 1.165) is 16.0 Å². The zero-order chi connectivity index (χ0) is 30.9. The van der Waals surface area contributed by atoms with Crippen molar-refractivity contribution in [3.05, 3.63) is 130 Å². The Balaban J connectivity index is 1.49. The number of hydrogen-bond donors (Lipinski definition) is 3. The molecule has 3 amide bonds. The van der Waals surface area contributed by atoms with Crippen molar-refractivity contribution in [1.82, 2.24) is 5.32 Å². The summed E-state index contributed by atoms with van der Waals surface area (Å²) in [7, 11) is 0. The second-order valence-electron chi connectivity index (χ2n) is 10.4. The number of anilines is 2. The minimum absolute atomic E-state index is 0.105. The molecule has 1 unspecified atom stereocenters. The zero-order valence-electron chi connectivity index (χ0n) is 24.5. The van der Waals surface area contributed by atoms with Gasteiger partial charge in [-0.1, -0.05) is 80.0 Å². The van der Waals surface area contributed by atoms with Crippen LogP contribution in [0.1, 0.15) is 53.7 Å². The topological polar surface area (TPSA) is 87.3 Å². The highest BCUT2D eigenvalue weighted by atomic mass is 35.5. The number of aryl methyl sites for hydroxylation is 1. The SMILES string of the molecule is Cc1ccc(Cl)cc1NC(=O)C(C)Sc1cccc(NC(=O)/C(=C\c2ccc(C(C)C)cc2)NC(=O)c2ccccc2)c1. The monoisotopic (exact) mass is 611 g/mol. The first-order valence-corrected chi connectivity index (χ1v) is 15.2. The summed E-state index contributed by atoms with van der Waals surface area (Å²) in [4.78, 5) is 40.2. The molecule has 0 radical (unpaired) electrons. The highest BCUT2D eigenvalue weighted by Crippen LogP contribution is 2.28. The molecule has 220 valence electrons. The number of benzene rings is 4. The second-order valence-corrected chi connectivity index (χ2v) is 12.2. The van der Waals surface area contributed by atoms with E-state index in [1.165, 1.54) is 17.3 Å². The normalized spacial score (nSPS) is 12.0. The van der Waals surface area contributed by atoms with E-state index in [9.17, 15) is 14.4 Å². The minimum Gasteiger partial charge on any atom is -0.325 e. The Labute approximate surface area is 261 Å². The van der Waals surface area contributed by atoms with Gasteiger partial charge >= 0.3 is 0 Å². The molecule has 0 heterocycles. The van der Waals surface area contributed by atoms with Crippen LogP contribution in [-0.2, 0) is 9.59 Å². The van der Waals surface area contributed by atoms with Crippen LogP contribution in [0, 0.1) is 6.92 Å². The van der Waals surface area contributed by atoms with Crippen LogP contribution in [-0.4, -0.2) is 23.0 Å². The molecule has 3 N–H and O–H groups in total. The van der Waals surface area contributed by atoms with E-state index in [1.54, 1.807) is 60.7 Å². The van der Waals surface area contributed by atoms with Crippen molar-refractivity contribution in [2.45, 2.75) is 43.8 Å². The van der Waals surface area contributed by atoms with Crippen LogP contribution in [0.3, 0.4) is 0 Å².